The van der Waals surface area contributed by atoms with E-state index in [1.54, 1.807) is 12.4 Å². The van der Waals surface area contributed by atoms with Crippen molar-refractivity contribution in [2.75, 3.05) is 13.2 Å². The van der Waals surface area contributed by atoms with Crippen LogP contribution in [0.2, 0.25) is 0 Å². The second kappa shape index (κ2) is 5.36. The molecule has 0 bridgehead atoms. The number of benzene rings is 1. The fourth-order valence-corrected chi connectivity index (χ4v) is 2.61. The van der Waals surface area contributed by atoms with Gasteiger partial charge in [-0.05, 0) is 12.6 Å². The summed E-state index contributed by atoms with van der Waals surface area (Å²) in [4.78, 5) is 8.61. The van der Waals surface area contributed by atoms with Gasteiger partial charge in [0, 0.05) is 30.1 Å². The molecule has 0 radical (unpaired) electrons. The van der Waals surface area contributed by atoms with E-state index in [1.165, 1.54) is 5.56 Å². The number of rotatable bonds is 4. The first kappa shape index (κ1) is 12.1. The fraction of sp³-hybridized carbons (Fsp3) is 0.333. The lowest BCUT2D eigenvalue weighted by Gasteiger charge is -2.22. The lowest BCUT2D eigenvalue weighted by atomic mass is 9.91. The van der Waals surface area contributed by atoms with Gasteiger partial charge in [0.2, 0.25) is 0 Å². The van der Waals surface area contributed by atoms with Crippen LogP contribution < -0.4 is 10.1 Å². The third-order valence-electron chi connectivity index (χ3n) is 3.47. The monoisotopic (exact) mass is 255 g/mol. The summed E-state index contributed by atoms with van der Waals surface area (Å²) in [5.41, 5.74) is 2.22. The van der Waals surface area contributed by atoms with Crippen molar-refractivity contribution < 1.29 is 4.74 Å². The quantitative estimate of drug-likeness (QED) is 0.910. The summed E-state index contributed by atoms with van der Waals surface area (Å²) in [5.74, 6) is 1.27. The van der Waals surface area contributed by atoms with Crippen LogP contribution in [0.4, 0.5) is 0 Å². The molecule has 0 aliphatic carbocycles. The van der Waals surface area contributed by atoms with Gasteiger partial charge in [-0.3, -0.25) is 9.97 Å². The Kier molecular flexibility index (Phi) is 3.42. The summed E-state index contributed by atoms with van der Waals surface area (Å²) >= 11 is 0. The molecule has 0 amide bonds. The second-order valence-corrected chi connectivity index (χ2v) is 4.62. The van der Waals surface area contributed by atoms with Gasteiger partial charge in [-0.2, -0.15) is 0 Å². The third-order valence-corrected chi connectivity index (χ3v) is 3.47. The summed E-state index contributed by atoms with van der Waals surface area (Å²) in [6.45, 7) is 3.68. The molecule has 3 rings (SSSR count). The zero-order chi connectivity index (χ0) is 13.1. The molecule has 0 fully saturated rings. The summed E-state index contributed by atoms with van der Waals surface area (Å²) in [5, 5.41) is 3.50. The van der Waals surface area contributed by atoms with Crippen molar-refractivity contribution in [3.05, 3.63) is 54.1 Å². The molecule has 4 heteroatoms. The molecule has 1 aliphatic heterocycles. The highest BCUT2D eigenvalue weighted by Gasteiger charge is 2.32. The van der Waals surface area contributed by atoms with Crippen LogP contribution >= 0.6 is 0 Å². The van der Waals surface area contributed by atoms with Crippen LogP contribution in [0.1, 0.15) is 30.1 Å². The summed E-state index contributed by atoms with van der Waals surface area (Å²) in [6.07, 6.45) is 5.27. The first-order chi connectivity index (χ1) is 9.40. The molecule has 2 atom stereocenters. The molecule has 4 nitrogen and oxygen atoms in total. The Morgan fingerprint density at radius 3 is 3.05 bits per heavy atom. The molecular weight excluding hydrogens is 238 g/mol. The van der Waals surface area contributed by atoms with Crippen molar-refractivity contribution in [2.45, 2.75) is 18.9 Å². The number of para-hydroxylation sites is 1. The highest BCUT2D eigenvalue weighted by Crippen LogP contribution is 2.40. The third kappa shape index (κ3) is 2.31. The summed E-state index contributed by atoms with van der Waals surface area (Å²) in [7, 11) is 0. The predicted molar refractivity (Wildman–Crippen MR) is 73.1 cm³/mol. The van der Waals surface area contributed by atoms with Crippen LogP contribution in [0.3, 0.4) is 0 Å². The van der Waals surface area contributed by atoms with Crippen LogP contribution in [0.15, 0.2) is 42.9 Å². The molecule has 2 aromatic rings. The van der Waals surface area contributed by atoms with Crippen LogP contribution in [-0.2, 0) is 0 Å². The molecule has 2 unspecified atom stereocenters. The van der Waals surface area contributed by atoms with Gasteiger partial charge in [-0.1, -0.05) is 25.1 Å². The van der Waals surface area contributed by atoms with Crippen LogP contribution in [-0.4, -0.2) is 23.1 Å². The van der Waals surface area contributed by atoms with Crippen molar-refractivity contribution in [1.29, 1.82) is 0 Å². The number of ether oxygens (including phenoxy) is 1. The summed E-state index contributed by atoms with van der Waals surface area (Å²) < 4.78 is 5.77. The number of aromatic nitrogens is 2. The second-order valence-electron chi connectivity index (χ2n) is 4.62. The molecule has 0 saturated carbocycles. The van der Waals surface area contributed by atoms with Crippen LogP contribution in [0.25, 0.3) is 0 Å². The number of hydrogen-bond acceptors (Lipinski definition) is 4. The maximum absolute atomic E-state index is 5.77. The Balaban J connectivity index is 1.94. The van der Waals surface area contributed by atoms with E-state index in [0.29, 0.717) is 6.61 Å². The highest BCUT2D eigenvalue weighted by atomic mass is 16.5. The highest BCUT2D eigenvalue weighted by molar-refractivity contribution is 5.41. The maximum atomic E-state index is 5.77. The summed E-state index contributed by atoms with van der Waals surface area (Å²) in [6, 6.07) is 8.36. The molecular formula is C15H17N3O. The number of nitrogens with zero attached hydrogens (tertiary/aromatic N) is 2. The molecule has 0 spiro atoms. The molecule has 19 heavy (non-hydrogen) atoms. The van der Waals surface area contributed by atoms with Crippen molar-refractivity contribution in [1.82, 2.24) is 15.3 Å². The number of hydrogen-bond donors (Lipinski definition) is 1. The maximum Gasteiger partial charge on any atom is 0.122 e. The van der Waals surface area contributed by atoms with Gasteiger partial charge in [0.05, 0.1) is 18.3 Å². The average molecular weight is 255 g/mol. The zero-order valence-electron chi connectivity index (χ0n) is 10.9. The average Bonchev–Trinajstić information content (AvgIpc) is 2.89. The van der Waals surface area contributed by atoms with Crippen LogP contribution in [0, 0.1) is 0 Å². The van der Waals surface area contributed by atoms with Gasteiger partial charge in [0.1, 0.15) is 5.75 Å². The van der Waals surface area contributed by atoms with Gasteiger partial charge in [-0.25, -0.2) is 0 Å². The smallest absolute Gasteiger partial charge is 0.122 e. The molecule has 1 aromatic carbocycles. The van der Waals surface area contributed by atoms with Gasteiger partial charge in [-0.15, -0.1) is 0 Å². The van der Waals surface area contributed by atoms with E-state index in [2.05, 4.69) is 34.3 Å². The fourth-order valence-electron chi connectivity index (χ4n) is 2.61. The standard InChI is InChI=1S/C15H17N3O/c1-2-17-15(13-9-16-7-8-18-13)12-10-19-14-6-4-3-5-11(12)14/h3-9,12,15,17H,2,10H2,1H3. The van der Waals surface area contributed by atoms with Gasteiger partial charge in [0.15, 0.2) is 0 Å². The van der Waals surface area contributed by atoms with E-state index in [-0.39, 0.29) is 12.0 Å². The van der Waals surface area contributed by atoms with Gasteiger partial charge in [0.25, 0.3) is 0 Å². The van der Waals surface area contributed by atoms with E-state index >= 15 is 0 Å². The first-order valence-electron chi connectivity index (χ1n) is 6.61. The Labute approximate surface area is 112 Å². The normalized spacial score (nSPS) is 18.7. The van der Waals surface area contributed by atoms with E-state index < -0.39 is 0 Å². The lowest BCUT2D eigenvalue weighted by Crippen LogP contribution is -2.28. The number of fused-ring (bicyclic) bond motifs is 1. The Bertz CT molecular complexity index is 544. The van der Waals surface area contributed by atoms with E-state index in [4.69, 9.17) is 4.74 Å². The molecule has 2 heterocycles. The van der Waals surface area contributed by atoms with E-state index in [9.17, 15) is 0 Å². The zero-order valence-corrected chi connectivity index (χ0v) is 10.9. The van der Waals surface area contributed by atoms with Crippen molar-refractivity contribution >= 4 is 0 Å². The minimum atomic E-state index is 0.141. The minimum Gasteiger partial charge on any atom is -0.493 e. The molecule has 1 N–H and O–H groups in total. The Morgan fingerprint density at radius 2 is 2.26 bits per heavy atom. The Hall–Kier alpha value is -1.94. The minimum absolute atomic E-state index is 0.141. The van der Waals surface area contributed by atoms with E-state index in [1.807, 2.05) is 18.3 Å². The van der Waals surface area contributed by atoms with E-state index in [0.717, 1.165) is 18.0 Å². The van der Waals surface area contributed by atoms with Crippen LogP contribution in [0.5, 0.6) is 5.75 Å². The predicted octanol–water partition coefficient (Wildman–Crippen LogP) is 2.30. The molecule has 0 saturated heterocycles. The largest absolute Gasteiger partial charge is 0.493 e. The van der Waals surface area contributed by atoms with Gasteiger partial charge < -0.3 is 10.1 Å². The van der Waals surface area contributed by atoms with Crippen molar-refractivity contribution in [2.24, 2.45) is 0 Å². The Morgan fingerprint density at radius 1 is 1.37 bits per heavy atom. The molecule has 98 valence electrons. The molecule has 1 aliphatic rings. The topological polar surface area (TPSA) is 47.0 Å². The van der Waals surface area contributed by atoms with Gasteiger partial charge >= 0.3 is 0 Å². The number of nitrogens with one attached hydrogen (secondary N) is 1. The SMILES string of the molecule is CCNC(c1cnccn1)C1COc2ccccc21. The lowest BCUT2D eigenvalue weighted by molar-refractivity contribution is 0.298. The molecule has 1 aromatic heterocycles. The number of likely N-dealkylation sites (N-methyl/N-ethyl adjacent to an activating group) is 1. The first-order valence-corrected chi connectivity index (χ1v) is 6.61. The van der Waals surface area contributed by atoms with Crippen molar-refractivity contribution in [3.63, 3.8) is 0 Å². The van der Waals surface area contributed by atoms with Crippen molar-refractivity contribution in [3.8, 4) is 5.75 Å².